The summed E-state index contributed by atoms with van der Waals surface area (Å²) < 4.78 is 5.59. The molecule has 2 aliphatic heterocycles. The Morgan fingerprint density at radius 2 is 2.32 bits per heavy atom. The molecule has 6 heteroatoms. The largest absolute Gasteiger partial charge is 0.457 e. The average Bonchev–Trinajstić information content (AvgIpc) is 2.83. The quantitative estimate of drug-likeness (QED) is 0.855. The topological polar surface area (TPSA) is 62.6 Å². The SMILES string of the molecule is O=C1CCC2CN(C(=O)c3ccoc3Br)CCC2N1. The van der Waals surface area contributed by atoms with Crippen LogP contribution in [0.3, 0.4) is 0 Å². The number of furan rings is 1. The van der Waals surface area contributed by atoms with Gasteiger partial charge in [0.15, 0.2) is 4.67 Å². The summed E-state index contributed by atoms with van der Waals surface area (Å²) in [5.74, 6) is 0.510. The maximum Gasteiger partial charge on any atom is 0.258 e. The molecule has 1 aromatic rings. The molecule has 5 nitrogen and oxygen atoms in total. The molecule has 102 valence electrons. The number of carbonyl (C=O) groups excluding carboxylic acids is 2. The van der Waals surface area contributed by atoms with E-state index >= 15 is 0 Å². The van der Waals surface area contributed by atoms with Gasteiger partial charge in [0.25, 0.3) is 5.91 Å². The van der Waals surface area contributed by atoms with Gasteiger partial charge in [-0.25, -0.2) is 0 Å². The molecule has 0 radical (unpaired) electrons. The Hall–Kier alpha value is -1.30. The third-order valence-corrected chi connectivity index (χ3v) is 4.57. The molecule has 2 saturated heterocycles. The maximum absolute atomic E-state index is 12.4. The van der Waals surface area contributed by atoms with Crippen molar-refractivity contribution < 1.29 is 14.0 Å². The normalized spacial score (nSPS) is 26.8. The molecule has 19 heavy (non-hydrogen) atoms. The van der Waals surface area contributed by atoms with Crippen LogP contribution in [0.1, 0.15) is 29.6 Å². The lowest BCUT2D eigenvalue weighted by Gasteiger charge is -2.41. The lowest BCUT2D eigenvalue weighted by molar-refractivity contribution is -0.125. The summed E-state index contributed by atoms with van der Waals surface area (Å²) in [7, 11) is 0. The van der Waals surface area contributed by atoms with Crippen molar-refractivity contribution in [2.45, 2.75) is 25.3 Å². The van der Waals surface area contributed by atoms with Gasteiger partial charge in [-0.3, -0.25) is 9.59 Å². The van der Waals surface area contributed by atoms with Crippen molar-refractivity contribution in [3.63, 3.8) is 0 Å². The van der Waals surface area contributed by atoms with Crippen molar-refractivity contribution in [2.75, 3.05) is 13.1 Å². The molecule has 2 unspecified atom stereocenters. The fraction of sp³-hybridized carbons (Fsp3) is 0.538. The van der Waals surface area contributed by atoms with Gasteiger partial charge in [0.2, 0.25) is 5.91 Å². The first-order chi connectivity index (χ1) is 9.15. The zero-order chi connectivity index (χ0) is 13.4. The van der Waals surface area contributed by atoms with E-state index in [2.05, 4.69) is 21.2 Å². The fourth-order valence-corrected chi connectivity index (χ4v) is 3.32. The Morgan fingerprint density at radius 3 is 3.05 bits per heavy atom. The van der Waals surface area contributed by atoms with Gasteiger partial charge in [0.1, 0.15) is 0 Å². The number of nitrogens with one attached hydrogen (secondary N) is 1. The Balaban J connectivity index is 1.70. The third kappa shape index (κ3) is 2.41. The number of halogens is 1. The summed E-state index contributed by atoms with van der Waals surface area (Å²) in [5.41, 5.74) is 0.568. The van der Waals surface area contributed by atoms with Gasteiger partial charge in [0, 0.05) is 25.6 Å². The second kappa shape index (κ2) is 5.00. The number of hydrogen-bond acceptors (Lipinski definition) is 3. The number of carbonyl (C=O) groups is 2. The van der Waals surface area contributed by atoms with Crippen LogP contribution in [0.15, 0.2) is 21.4 Å². The van der Waals surface area contributed by atoms with Gasteiger partial charge in [-0.1, -0.05) is 0 Å². The van der Waals surface area contributed by atoms with E-state index in [0.717, 1.165) is 12.8 Å². The van der Waals surface area contributed by atoms with E-state index in [9.17, 15) is 9.59 Å². The van der Waals surface area contributed by atoms with Crippen LogP contribution in [0.2, 0.25) is 0 Å². The van der Waals surface area contributed by atoms with Gasteiger partial charge in [-0.15, -0.1) is 0 Å². The van der Waals surface area contributed by atoms with E-state index in [1.54, 1.807) is 6.07 Å². The molecule has 3 rings (SSSR count). The minimum atomic E-state index is -0.00373. The lowest BCUT2D eigenvalue weighted by atomic mass is 9.85. The Bertz CT molecular complexity index is 514. The number of likely N-dealkylation sites (tertiary alicyclic amines) is 1. The van der Waals surface area contributed by atoms with E-state index in [4.69, 9.17) is 4.42 Å². The summed E-state index contributed by atoms with van der Waals surface area (Å²) in [6, 6.07) is 1.92. The minimum Gasteiger partial charge on any atom is -0.457 e. The summed E-state index contributed by atoms with van der Waals surface area (Å²) in [4.78, 5) is 25.6. The molecule has 0 saturated carbocycles. The standard InChI is InChI=1S/C13H15BrN2O3/c14-12-9(4-6-19-12)13(18)16-5-3-10-8(7-16)1-2-11(17)15-10/h4,6,8,10H,1-3,5,7H2,(H,15,17). The van der Waals surface area contributed by atoms with Crippen LogP contribution >= 0.6 is 15.9 Å². The number of rotatable bonds is 1. The zero-order valence-electron chi connectivity index (χ0n) is 10.4. The Kier molecular flexibility index (Phi) is 3.35. The fourth-order valence-electron chi connectivity index (χ4n) is 2.91. The first-order valence-electron chi connectivity index (χ1n) is 6.47. The highest BCUT2D eigenvalue weighted by Gasteiger charge is 2.36. The van der Waals surface area contributed by atoms with E-state index in [1.807, 2.05) is 4.90 Å². The number of amides is 2. The molecule has 2 aliphatic rings. The molecule has 2 atom stereocenters. The number of piperidine rings is 2. The van der Waals surface area contributed by atoms with Gasteiger partial charge in [-0.05, 0) is 40.8 Å². The van der Waals surface area contributed by atoms with Crippen LogP contribution in [0.4, 0.5) is 0 Å². The molecule has 1 N–H and O–H groups in total. The zero-order valence-corrected chi connectivity index (χ0v) is 12.0. The lowest BCUT2D eigenvalue weighted by Crippen LogP contribution is -2.55. The van der Waals surface area contributed by atoms with E-state index in [1.165, 1.54) is 6.26 Å². The van der Waals surface area contributed by atoms with Crippen molar-refractivity contribution in [2.24, 2.45) is 5.92 Å². The van der Waals surface area contributed by atoms with Crippen LogP contribution in [0.5, 0.6) is 0 Å². The molecule has 0 aromatic carbocycles. The number of fused-ring (bicyclic) bond motifs is 1. The van der Waals surface area contributed by atoms with E-state index < -0.39 is 0 Å². The molecule has 0 spiro atoms. The van der Waals surface area contributed by atoms with Gasteiger partial charge in [-0.2, -0.15) is 0 Å². The Labute approximate surface area is 119 Å². The molecule has 1 aromatic heterocycles. The summed E-state index contributed by atoms with van der Waals surface area (Å²) in [5, 5.41) is 3.02. The molecular weight excluding hydrogens is 312 g/mol. The third-order valence-electron chi connectivity index (χ3n) is 3.96. The van der Waals surface area contributed by atoms with Crippen LogP contribution < -0.4 is 5.32 Å². The van der Waals surface area contributed by atoms with Crippen molar-refractivity contribution >= 4 is 27.7 Å². The van der Waals surface area contributed by atoms with Crippen molar-refractivity contribution in [3.8, 4) is 0 Å². The maximum atomic E-state index is 12.4. The molecule has 2 fully saturated rings. The van der Waals surface area contributed by atoms with Gasteiger partial charge < -0.3 is 14.6 Å². The summed E-state index contributed by atoms with van der Waals surface area (Å²) in [6.07, 6.45) is 3.77. The highest BCUT2D eigenvalue weighted by atomic mass is 79.9. The summed E-state index contributed by atoms with van der Waals surface area (Å²) >= 11 is 3.24. The highest BCUT2D eigenvalue weighted by molar-refractivity contribution is 9.10. The predicted molar refractivity (Wildman–Crippen MR) is 71.6 cm³/mol. The number of nitrogens with zero attached hydrogens (tertiary/aromatic N) is 1. The second-order valence-corrected chi connectivity index (χ2v) is 5.84. The van der Waals surface area contributed by atoms with Gasteiger partial charge in [0.05, 0.1) is 11.8 Å². The first-order valence-corrected chi connectivity index (χ1v) is 7.26. The molecule has 3 heterocycles. The van der Waals surface area contributed by atoms with Crippen LogP contribution in [0, 0.1) is 5.92 Å². The van der Waals surface area contributed by atoms with Crippen LogP contribution in [-0.4, -0.2) is 35.8 Å². The molecule has 0 bridgehead atoms. The molecule has 0 aliphatic carbocycles. The summed E-state index contributed by atoms with van der Waals surface area (Å²) in [6.45, 7) is 1.39. The Morgan fingerprint density at radius 1 is 1.47 bits per heavy atom. The monoisotopic (exact) mass is 326 g/mol. The highest BCUT2D eigenvalue weighted by Crippen LogP contribution is 2.27. The van der Waals surface area contributed by atoms with Crippen LogP contribution in [-0.2, 0) is 4.79 Å². The van der Waals surface area contributed by atoms with Crippen molar-refractivity contribution in [1.29, 1.82) is 0 Å². The smallest absolute Gasteiger partial charge is 0.258 e. The number of hydrogen-bond donors (Lipinski definition) is 1. The van der Waals surface area contributed by atoms with E-state index in [-0.39, 0.29) is 17.9 Å². The molecular formula is C13H15BrN2O3. The van der Waals surface area contributed by atoms with Crippen molar-refractivity contribution in [3.05, 3.63) is 22.6 Å². The molecule has 2 amide bonds. The minimum absolute atomic E-state index is 0.00373. The predicted octanol–water partition coefficient (Wildman–Crippen LogP) is 1.78. The van der Waals surface area contributed by atoms with E-state index in [0.29, 0.717) is 35.7 Å². The first kappa shape index (κ1) is 12.7. The van der Waals surface area contributed by atoms with Gasteiger partial charge >= 0.3 is 0 Å². The second-order valence-electron chi connectivity index (χ2n) is 5.12. The average molecular weight is 327 g/mol. The van der Waals surface area contributed by atoms with Crippen LogP contribution in [0.25, 0.3) is 0 Å². The van der Waals surface area contributed by atoms with Crippen molar-refractivity contribution in [1.82, 2.24) is 10.2 Å².